The van der Waals surface area contributed by atoms with Crippen LogP contribution in [-0.2, 0) is 4.74 Å². The Bertz CT molecular complexity index is 159. The van der Waals surface area contributed by atoms with Gasteiger partial charge in [0.05, 0.1) is 6.61 Å². The van der Waals surface area contributed by atoms with E-state index in [-0.39, 0.29) is 0 Å². The Hall–Kier alpha value is -0.120. The molecule has 2 rings (SSSR count). The van der Waals surface area contributed by atoms with E-state index in [0.717, 1.165) is 13.2 Å². The van der Waals surface area contributed by atoms with Gasteiger partial charge in [-0.05, 0) is 7.05 Å². The lowest BCUT2D eigenvalue weighted by Crippen LogP contribution is -2.71. The summed E-state index contributed by atoms with van der Waals surface area (Å²) in [5, 5.41) is 0. The number of likely N-dealkylation sites (tertiary alicyclic amines) is 2. The number of rotatable bonds is 3. The summed E-state index contributed by atoms with van der Waals surface area (Å²) in [5.74, 6) is 0. The van der Waals surface area contributed by atoms with Gasteiger partial charge in [-0.15, -0.1) is 0 Å². The maximum absolute atomic E-state index is 5.04. The monoisotopic (exact) mass is 200 g/mol. The van der Waals surface area contributed by atoms with Crippen LogP contribution in [0.3, 0.4) is 0 Å². The predicted octanol–water partition coefficient (Wildman–Crippen LogP) is 0.906. The second-order valence-electron chi connectivity index (χ2n) is 4.38. The first-order valence-corrected chi connectivity index (χ1v) is 5.64. The Kier molecular flexibility index (Phi) is 4.35. The fourth-order valence-corrected chi connectivity index (χ4v) is 2.58. The Balaban J connectivity index is 0.000000461. The van der Waals surface area contributed by atoms with Gasteiger partial charge < -0.3 is 9.64 Å². The zero-order valence-corrected chi connectivity index (χ0v) is 10.0. The molecule has 2 heterocycles. The first-order chi connectivity index (χ1) is 6.74. The molecule has 0 bridgehead atoms. The van der Waals surface area contributed by atoms with Gasteiger partial charge in [-0.2, -0.15) is 0 Å². The normalized spacial score (nSPS) is 24.9. The molecule has 1 spiro atoms. The molecule has 2 fully saturated rings. The van der Waals surface area contributed by atoms with Gasteiger partial charge in [0.2, 0.25) is 0 Å². The smallest absolute Gasteiger partial charge is 0.0589 e. The standard InChI is InChI=1S/C9H18N2O.C2H6/c1-10-5-9(6-10)7-11(8-9)3-4-12-2;1-2/h3-8H2,1-2H3;1-2H3. The Morgan fingerprint density at radius 2 is 1.71 bits per heavy atom. The van der Waals surface area contributed by atoms with Crippen molar-refractivity contribution in [2.45, 2.75) is 13.8 Å². The predicted molar refractivity (Wildman–Crippen MR) is 59.6 cm³/mol. The maximum Gasteiger partial charge on any atom is 0.0589 e. The molecule has 2 aliphatic heterocycles. The van der Waals surface area contributed by atoms with Crippen LogP contribution in [0.15, 0.2) is 0 Å². The largest absolute Gasteiger partial charge is 0.383 e. The molecule has 2 saturated heterocycles. The van der Waals surface area contributed by atoms with Crippen LogP contribution in [0.5, 0.6) is 0 Å². The topological polar surface area (TPSA) is 15.7 Å². The molecule has 3 heteroatoms. The van der Waals surface area contributed by atoms with E-state index in [0.29, 0.717) is 5.41 Å². The minimum Gasteiger partial charge on any atom is -0.383 e. The number of hydrogen-bond donors (Lipinski definition) is 0. The van der Waals surface area contributed by atoms with E-state index in [2.05, 4.69) is 16.8 Å². The summed E-state index contributed by atoms with van der Waals surface area (Å²) in [6, 6.07) is 0. The van der Waals surface area contributed by atoms with Crippen molar-refractivity contribution < 1.29 is 4.74 Å². The van der Waals surface area contributed by atoms with Crippen molar-refractivity contribution in [3.05, 3.63) is 0 Å². The van der Waals surface area contributed by atoms with Crippen LogP contribution in [0.4, 0.5) is 0 Å². The lowest BCUT2D eigenvalue weighted by atomic mass is 9.73. The van der Waals surface area contributed by atoms with Crippen LogP contribution in [0.25, 0.3) is 0 Å². The quantitative estimate of drug-likeness (QED) is 0.673. The number of hydrogen-bond acceptors (Lipinski definition) is 3. The molecule has 0 amide bonds. The second-order valence-corrected chi connectivity index (χ2v) is 4.38. The molecule has 0 aliphatic carbocycles. The zero-order chi connectivity index (χ0) is 10.6. The van der Waals surface area contributed by atoms with E-state index >= 15 is 0 Å². The molecule has 0 radical (unpaired) electrons. The maximum atomic E-state index is 5.04. The SMILES string of the molecule is CC.COCCN1CC2(CN(C)C2)C1. The first kappa shape index (κ1) is 12.0. The van der Waals surface area contributed by atoms with Crippen LogP contribution in [0.1, 0.15) is 13.8 Å². The van der Waals surface area contributed by atoms with E-state index in [1.54, 1.807) is 7.11 Å². The first-order valence-electron chi connectivity index (χ1n) is 5.64. The minimum absolute atomic E-state index is 0.683. The summed E-state index contributed by atoms with van der Waals surface area (Å²) >= 11 is 0. The zero-order valence-electron chi connectivity index (χ0n) is 10.0. The molecule has 84 valence electrons. The average molecular weight is 200 g/mol. The summed E-state index contributed by atoms with van der Waals surface area (Å²) in [7, 11) is 3.97. The van der Waals surface area contributed by atoms with E-state index < -0.39 is 0 Å². The molecule has 0 aromatic heterocycles. The van der Waals surface area contributed by atoms with Gasteiger partial charge in [-0.25, -0.2) is 0 Å². The highest BCUT2D eigenvalue weighted by Crippen LogP contribution is 2.38. The van der Waals surface area contributed by atoms with Crippen molar-refractivity contribution in [1.29, 1.82) is 0 Å². The van der Waals surface area contributed by atoms with Crippen molar-refractivity contribution in [3.63, 3.8) is 0 Å². The van der Waals surface area contributed by atoms with Crippen molar-refractivity contribution >= 4 is 0 Å². The van der Waals surface area contributed by atoms with Crippen LogP contribution in [-0.4, -0.2) is 63.3 Å². The third-order valence-corrected chi connectivity index (χ3v) is 2.94. The van der Waals surface area contributed by atoms with Gasteiger partial charge in [0.15, 0.2) is 0 Å². The van der Waals surface area contributed by atoms with Gasteiger partial charge >= 0.3 is 0 Å². The van der Waals surface area contributed by atoms with Gasteiger partial charge in [0, 0.05) is 45.2 Å². The molecule has 0 N–H and O–H groups in total. The highest BCUT2D eigenvalue weighted by molar-refractivity contribution is 5.04. The molecule has 0 aromatic rings. The lowest BCUT2D eigenvalue weighted by molar-refractivity contribution is -0.108. The molecular weight excluding hydrogens is 176 g/mol. The third-order valence-electron chi connectivity index (χ3n) is 2.94. The summed E-state index contributed by atoms with van der Waals surface area (Å²) in [6.07, 6.45) is 0. The van der Waals surface area contributed by atoms with E-state index in [1.807, 2.05) is 13.8 Å². The summed E-state index contributed by atoms with van der Waals surface area (Å²) in [5.41, 5.74) is 0.683. The average Bonchev–Trinajstić information content (AvgIpc) is 2.10. The fraction of sp³-hybridized carbons (Fsp3) is 1.00. The third kappa shape index (κ3) is 2.47. The highest BCUT2D eigenvalue weighted by atomic mass is 16.5. The highest BCUT2D eigenvalue weighted by Gasteiger charge is 2.49. The van der Waals surface area contributed by atoms with E-state index in [4.69, 9.17) is 4.74 Å². The molecule has 0 atom stereocenters. The molecule has 2 aliphatic rings. The molecule has 0 unspecified atom stereocenters. The molecule has 3 nitrogen and oxygen atoms in total. The van der Waals surface area contributed by atoms with E-state index in [9.17, 15) is 0 Å². The lowest BCUT2D eigenvalue weighted by Gasteiger charge is -2.59. The second kappa shape index (κ2) is 5.10. The van der Waals surface area contributed by atoms with Gasteiger partial charge in [-0.1, -0.05) is 13.8 Å². The molecular formula is C11H24N2O. The van der Waals surface area contributed by atoms with Crippen molar-refractivity contribution in [1.82, 2.24) is 9.80 Å². The fourth-order valence-electron chi connectivity index (χ4n) is 2.58. The molecule has 0 aromatic carbocycles. The summed E-state index contributed by atoms with van der Waals surface area (Å²) in [6.45, 7) is 11.2. The van der Waals surface area contributed by atoms with Crippen LogP contribution < -0.4 is 0 Å². The van der Waals surface area contributed by atoms with E-state index in [1.165, 1.54) is 26.2 Å². The van der Waals surface area contributed by atoms with Gasteiger partial charge in [0.25, 0.3) is 0 Å². The molecule has 0 saturated carbocycles. The van der Waals surface area contributed by atoms with Gasteiger partial charge in [-0.3, -0.25) is 4.90 Å². The van der Waals surface area contributed by atoms with Crippen LogP contribution in [0, 0.1) is 5.41 Å². The van der Waals surface area contributed by atoms with Crippen LogP contribution >= 0.6 is 0 Å². The Labute approximate surface area is 88.0 Å². The summed E-state index contributed by atoms with van der Waals surface area (Å²) < 4.78 is 5.04. The van der Waals surface area contributed by atoms with Crippen molar-refractivity contribution in [2.24, 2.45) is 5.41 Å². The molecule has 14 heavy (non-hydrogen) atoms. The van der Waals surface area contributed by atoms with Crippen LogP contribution in [0.2, 0.25) is 0 Å². The van der Waals surface area contributed by atoms with Gasteiger partial charge in [0.1, 0.15) is 0 Å². The summed E-state index contributed by atoms with van der Waals surface area (Å²) in [4.78, 5) is 4.88. The van der Waals surface area contributed by atoms with Crippen molar-refractivity contribution in [2.75, 3.05) is 53.5 Å². The van der Waals surface area contributed by atoms with Crippen molar-refractivity contribution in [3.8, 4) is 0 Å². The Morgan fingerprint density at radius 1 is 1.14 bits per heavy atom. The minimum atomic E-state index is 0.683. The number of nitrogens with zero attached hydrogens (tertiary/aromatic N) is 2. The number of ether oxygens (including phenoxy) is 1. The number of methoxy groups -OCH3 is 1. The Morgan fingerprint density at radius 3 is 2.14 bits per heavy atom.